The van der Waals surface area contributed by atoms with Crippen LogP contribution in [0.25, 0.3) is 0 Å². The molecule has 1 aromatic carbocycles. The quantitative estimate of drug-likeness (QED) is 0.866. The van der Waals surface area contributed by atoms with Crippen molar-refractivity contribution < 1.29 is 9.59 Å². The van der Waals surface area contributed by atoms with Gasteiger partial charge in [0, 0.05) is 26.1 Å². The van der Waals surface area contributed by atoms with Gasteiger partial charge in [-0.2, -0.15) is 0 Å². The van der Waals surface area contributed by atoms with Gasteiger partial charge in [-0.15, -0.1) is 12.4 Å². The number of benzene rings is 1. The summed E-state index contributed by atoms with van der Waals surface area (Å²) in [6, 6.07) is 9.28. The Bertz CT molecular complexity index is 487. The zero-order chi connectivity index (χ0) is 15.2. The SMILES string of the molecule is CNC(=O)C1CCN(C(=O)[C@@H](N)Cc2ccccc2)CC1.Cl. The van der Waals surface area contributed by atoms with E-state index in [1.807, 2.05) is 30.3 Å². The van der Waals surface area contributed by atoms with Crippen LogP contribution in [-0.2, 0) is 16.0 Å². The Balaban J connectivity index is 0.00000242. The number of carbonyl (C=O) groups excluding carboxylic acids is 2. The number of nitrogens with two attached hydrogens (primary N) is 1. The Morgan fingerprint density at radius 2 is 1.86 bits per heavy atom. The lowest BCUT2D eigenvalue weighted by Crippen LogP contribution is -2.49. The van der Waals surface area contributed by atoms with E-state index in [-0.39, 0.29) is 30.1 Å². The van der Waals surface area contributed by atoms with Gasteiger partial charge in [-0.1, -0.05) is 30.3 Å². The maximum absolute atomic E-state index is 12.3. The molecule has 3 N–H and O–H groups in total. The third-order valence-corrected chi connectivity index (χ3v) is 4.04. The monoisotopic (exact) mass is 325 g/mol. The van der Waals surface area contributed by atoms with Crippen molar-refractivity contribution >= 4 is 24.2 Å². The molecule has 1 atom stereocenters. The first-order chi connectivity index (χ1) is 10.1. The van der Waals surface area contributed by atoms with E-state index in [0.29, 0.717) is 32.4 Å². The van der Waals surface area contributed by atoms with Crippen LogP contribution in [0, 0.1) is 5.92 Å². The molecule has 2 rings (SSSR count). The zero-order valence-electron chi connectivity index (χ0n) is 12.8. The molecule has 6 heteroatoms. The van der Waals surface area contributed by atoms with Crippen LogP contribution in [0.15, 0.2) is 30.3 Å². The molecule has 0 spiro atoms. The Morgan fingerprint density at radius 1 is 1.27 bits per heavy atom. The highest BCUT2D eigenvalue weighted by Crippen LogP contribution is 2.18. The smallest absolute Gasteiger partial charge is 0.239 e. The van der Waals surface area contributed by atoms with Gasteiger partial charge in [0.05, 0.1) is 6.04 Å². The number of hydrogen-bond donors (Lipinski definition) is 2. The van der Waals surface area contributed by atoms with E-state index in [2.05, 4.69) is 5.32 Å². The Hall–Kier alpha value is -1.59. The number of nitrogens with zero attached hydrogens (tertiary/aromatic N) is 1. The molecular weight excluding hydrogens is 302 g/mol. The standard InChI is InChI=1S/C16H23N3O2.ClH/c1-18-15(20)13-7-9-19(10-8-13)16(21)14(17)11-12-5-3-2-4-6-12;/h2-6,13-14H,7-11,17H2,1H3,(H,18,20);1H/t14-;/m0./s1. The summed E-state index contributed by atoms with van der Waals surface area (Å²) in [5.74, 6) is 0.0642. The fraction of sp³-hybridized carbons (Fsp3) is 0.500. The number of piperidine rings is 1. The second-order valence-electron chi connectivity index (χ2n) is 5.51. The molecule has 0 radical (unpaired) electrons. The van der Waals surface area contributed by atoms with Crippen molar-refractivity contribution in [3.63, 3.8) is 0 Å². The number of rotatable bonds is 4. The lowest BCUT2D eigenvalue weighted by atomic mass is 9.95. The van der Waals surface area contributed by atoms with Gasteiger partial charge in [-0.3, -0.25) is 9.59 Å². The van der Waals surface area contributed by atoms with Gasteiger partial charge in [0.25, 0.3) is 0 Å². The highest BCUT2D eigenvalue weighted by molar-refractivity contribution is 5.85. The number of amides is 2. The van der Waals surface area contributed by atoms with Crippen LogP contribution in [-0.4, -0.2) is 42.9 Å². The first kappa shape index (κ1) is 18.5. The van der Waals surface area contributed by atoms with Crippen molar-refractivity contribution in [1.82, 2.24) is 10.2 Å². The van der Waals surface area contributed by atoms with Crippen molar-refractivity contribution in [2.75, 3.05) is 20.1 Å². The summed E-state index contributed by atoms with van der Waals surface area (Å²) in [5, 5.41) is 2.67. The lowest BCUT2D eigenvalue weighted by molar-refractivity contribution is -0.136. The average Bonchev–Trinajstić information content (AvgIpc) is 2.54. The second kappa shape index (κ2) is 8.76. The molecule has 1 aliphatic heterocycles. The first-order valence-electron chi connectivity index (χ1n) is 7.41. The molecule has 1 heterocycles. The average molecular weight is 326 g/mol. The topological polar surface area (TPSA) is 75.4 Å². The van der Waals surface area contributed by atoms with Gasteiger partial charge in [-0.25, -0.2) is 0 Å². The van der Waals surface area contributed by atoms with E-state index < -0.39 is 6.04 Å². The van der Waals surface area contributed by atoms with Crippen LogP contribution in [0.2, 0.25) is 0 Å². The van der Waals surface area contributed by atoms with Crippen LogP contribution in [0.4, 0.5) is 0 Å². The fourth-order valence-corrected chi connectivity index (χ4v) is 2.76. The maximum atomic E-state index is 12.3. The molecule has 0 aliphatic carbocycles. The molecule has 122 valence electrons. The summed E-state index contributed by atoms with van der Waals surface area (Å²) in [6.07, 6.45) is 1.97. The molecule has 0 aromatic heterocycles. The third kappa shape index (κ3) is 4.71. The van der Waals surface area contributed by atoms with E-state index >= 15 is 0 Å². The van der Waals surface area contributed by atoms with E-state index in [1.165, 1.54) is 0 Å². The van der Waals surface area contributed by atoms with Crippen LogP contribution in [0.1, 0.15) is 18.4 Å². The van der Waals surface area contributed by atoms with Crippen molar-refractivity contribution in [3.05, 3.63) is 35.9 Å². The maximum Gasteiger partial charge on any atom is 0.239 e. The van der Waals surface area contributed by atoms with Crippen LogP contribution < -0.4 is 11.1 Å². The van der Waals surface area contributed by atoms with E-state index in [4.69, 9.17) is 5.73 Å². The van der Waals surface area contributed by atoms with E-state index in [0.717, 1.165) is 5.56 Å². The summed E-state index contributed by atoms with van der Waals surface area (Å²) >= 11 is 0. The summed E-state index contributed by atoms with van der Waals surface area (Å²) < 4.78 is 0. The predicted octanol–water partition coefficient (Wildman–Crippen LogP) is 0.963. The highest BCUT2D eigenvalue weighted by atomic mass is 35.5. The molecule has 0 bridgehead atoms. The van der Waals surface area contributed by atoms with Crippen LogP contribution in [0.5, 0.6) is 0 Å². The summed E-state index contributed by atoms with van der Waals surface area (Å²) in [5.41, 5.74) is 7.10. The van der Waals surface area contributed by atoms with Crippen molar-refractivity contribution in [2.24, 2.45) is 11.7 Å². The molecule has 1 aliphatic rings. The minimum Gasteiger partial charge on any atom is -0.359 e. The van der Waals surface area contributed by atoms with Gasteiger partial charge in [-0.05, 0) is 24.8 Å². The molecule has 22 heavy (non-hydrogen) atoms. The van der Waals surface area contributed by atoms with Gasteiger partial charge >= 0.3 is 0 Å². The lowest BCUT2D eigenvalue weighted by Gasteiger charge is -2.32. The largest absolute Gasteiger partial charge is 0.359 e. The molecule has 0 unspecified atom stereocenters. The Kier molecular flexibility index (Phi) is 7.35. The third-order valence-electron chi connectivity index (χ3n) is 4.04. The van der Waals surface area contributed by atoms with Gasteiger partial charge in [0.1, 0.15) is 0 Å². The number of nitrogens with one attached hydrogen (secondary N) is 1. The summed E-state index contributed by atoms with van der Waals surface area (Å²) in [7, 11) is 1.65. The number of halogens is 1. The first-order valence-corrected chi connectivity index (χ1v) is 7.41. The highest BCUT2D eigenvalue weighted by Gasteiger charge is 2.29. The minimum absolute atomic E-state index is 0. The molecule has 1 aromatic rings. The molecular formula is C16H24ClN3O2. The van der Waals surface area contributed by atoms with Crippen molar-refractivity contribution in [2.45, 2.75) is 25.3 Å². The summed E-state index contributed by atoms with van der Waals surface area (Å²) in [4.78, 5) is 25.7. The molecule has 0 saturated carbocycles. The second-order valence-corrected chi connectivity index (χ2v) is 5.51. The van der Waals surface area contributed by atoms with Gasteiger partial charge in [0.2, 0.25) is 11.8 Å². The van der Waals surface area contributed by atoms with Crippen molar-refractivity contribution in [1.29, 1.82) is 0 Å². The minimum atomic E-state index is -0.510. The fourth-order valence-electron chi connectivity index (χ4n) is 2.76. The normalized spacial score (nSPS) is 16.5. The number of likely N-dealkylation sites (tertiary alicyclic amines) is 1. The van der Waals surface area contributed by atoms with Crippen LogP contribution in [0.3, 0.4) is 0 Å². The van der Waals surface area contributed by atoms with Gasteiger partial charge < -0.3 is 16.0 Å². The molecule has 2 amide bonds. The molecule has 5 nitrogen and oxygen atoms in total. The molecule has 1 saturated heterocycles. The van der Waals surface area contributed by atoms with Crippen LogP contribution >= 0.6 is 12.4 Å². The van der Waals surface area contributed by atoms with Crippen molar-refractivity contribution in [3.8, 4) is 0 Å². The summed E-state index contributed by atoms with van der Waals surface area (Å²) in [6.45, 7) is 1.22. The number of hydrogen-bond acceptors (Lipinski definition) is 3. The Labute approximate surface area is 137 Å². The van der Waals surface area contributed by atoms with E-state index in [9.17, 15) is 9.59 Å². The number of carbonyl (C=O) groups is 2. The Morgan fingerprint density at radius 3 is 2.41 bits per heavy atom. The van der Waals surface area contributed by atoms with E-state index in [1.54, 1.807) is 11.9 Å². The zero-order valence-corrected chi connectivity index (χ0v) is 13.6. The predicted molar refractivity (Wildman–Crippen MR) is 88.7 cm³/mol. The van der Waals surface area contributed by atoms with Gasteiger partial charge in [0.15, 0.2) is 0 Å². The molecule has 1 fully saturated rings.